The zero-order valence-electron chi connectivity index (χ0n) is 16.0. The Morgan fingerprint density at radius 2 is 2.04 bits per heavy atom. The van der Waals surface area contributed by atoms with Gasteiger partial charge in [0, 0.05) is 46.0 Å². The van der Waals surface area contributed by atoms with Crippen molar-refractivity contribution in [1.82, 2.24) is 19.7 Å². The molecule has 0 spiro atoms. The molecule has 1 amide bonds. The molecule has 3 heterocycles. The summed E-state index contributed by atoms with van der Waals surface area (Å²) in [4.78, 5) is 16.7. The lowest BCUT2D eigenvalue weighted by atomic mass is 9.98. The van der Waals surface area contributed by atoms with Crippen LogP contribution in [-0.2, 0) is 11.8 Å². The van der Waals surface area contributed by atoms with Gasteiger partial charge in [0.25, 0.3) is 5.91 Å². The van der Waals surface area contributed by atoms with Crippen LogP contribution in [0.3, 0.4) is 0 Å². The van der Waals surface area contributed by atoms with Crippen molar-refractivity contribution in [3.05, 3.63) is 23.5 Å². The van der Waals surface area contributed by atoms with Crippen molar-refractivity contribution in [2.45, 2.75) is 31.4 Å². The molecule has 1 aromatic rings. The number of β-amino-alcohol motifs (C(OH)–C–C–N with tert-alkyl or cyclic N) is 1. The Morgan fingerprint density at radius 3 is 2.77 bits per heavy atom. The van der Waals surface area contributed by atoms with Gasteiger partial charge in [0.1, 0.15) is 5.69 Å². The van der Waals surface area contributed by atoms with Gasteiger partial charge in [-0.05, 0) is 31.5 Å². The molecule has 2 saturated heterocycles. The summed E-state index contributed by atoms with van der Waals surface area (Å²) in [7, 11) is 3.61. The maximum absolute atomic E-state index is 12.0. The Labute approximate surface area is 155 Å². The molecule has 2 aliphatic rings. The van der Waals surface area contributed by atoms with Crippen molar-refractivity contribution >= 4 is 5.91 Å². The number of likely N-dealkylation sites (tertiary alicyclic amines) is 1. The van der Waals surface area contributed by atoms with E-state index in [9.17, 15) is 9.90 Å². The molecule has 2 aliphatic heterocycles. The van der Waals surface area contributed by atoms with Gasteiger partial charge in [-0.15, -0.1) is 0 Å². The normalized spacial score (nSPS) is 23.7. The van der Waals surface area contributed by atoms with Crippen LogP contribution in [-0.4, -0.2) is 84.5 Å². The highest BCUT2D eigenvalue weighted by molar-refractivity contribution is 5.92. The second-order valence-corrected chi connectivity index (χ2v) is 7.35. The average molecular weight is 364 g/mol. The molecular weight excluding hydrogens is 332 g/mol. The Morgan fingerprint density at radius 1 is 1.27 bits per heavy atom. The number of nitrogens with one attached hydrogen (secondary N) is 1. The van der Waals surface area contributed by atoms with Gasteiger partial charge in [-0.25, -0.2) is 0 Å². The van der Waals surface area contributed by atoms with E-state index in [2.05, 4.69) is 21.2 Å². The third-order valence-electron chi connectivity index (χ3n) is 5.59. The van der Waals surface area contributed by atoms with Gasteiger partial charge in [-0.3, -0.25) is 14.6 Å². The molecule has 0 saturated carbocycles. The van der Waals surface area contributed by atoms with Crippen molar-refractivity contribution in [3.8, 4) is 0 Å². The third kappa shape index (κ3) is 4.46. The Hall–Kier alpha value is -1.41. The standard InChI is InChI=1S/C19H32N4O3/c1-20-19(25)18-7-6-16(21(18)2)17-5-3-4-8-23(17)14-15(24)13-22-9-11-26-12-10-22/h6-7,15,17,24H,3-5,8-14H2,1-2H3,(H,20,25). The molecule has 7 heteroatoms. The van der Waals surface area contributed by atoms with Crippen LogP contribution in [0.25, 0.3) is 0 Å². The van der Waals surface area contributed by atoms with Gasteiger partial charge in [0.05, 0.1) is 25.4 Å². The lowest BCUT2D eigenvalue weighted by Gasteiger charge is -2.38. The second-order valence-electron chi connectivity index (χ2n) is 7.35. The third-order valence-corrected chi connectivity index (χ3v) is 5.59. The van der Waals surface area contributed by atoms with Crippen LogP contribution in [0.5, 0.6) is 0 Å². The van der Waals surface area contributed by atoms with E-state index in [1.54, 1.807) is 7.05 Å². The first-order chi connectivity index (χ1) is 12.6. The fraction of sp³-hybridized carbons (Fsp3) is 0.737. The molecule has 2 N–H and O–H groups in total. The van der Waals surface area contributed by atoms with Gasteiger partial charge >= 0.3 is 0 Å². The first kappa shape index (κ1) is 19.4. The predicted octanol–water partition coefficient (Wildman–Crippen LogP) is 0.605. The molecule has 2 unspecified atom stereocenters. The zero-order chi connectivity index (χ0) is 18.5. The minimum Gasteiger partial charge on any atom is -0.390 e. The predicted molar refractivity (Wildman–Crippen MR) is 100 cm³/mol. The molecule has 0 radical (unpaired) electrons. The topological polar surface area (TPSA) is 70.0 Å². The van der Waals surface area contributed by atoms with Crippen molar-refractivity contribution in [3.63, 3.8) is 0 Å². The van der Waals surface area contributed by atoms with Gasteiger partial charge in [-0.1, -0.05) is 6.42 Å². The first-order valence-corrected chi connectivity index (χ1v) is 9.70. The van der Waals surface area contributed by atoms with Crippen LogP contribution >= 0.6 is 0 Å². The number of carbonyl (C=O) groups excluding carboxylic acids is 1. The molecule has 7 nitrogen and oxygen atoms in total. The number of aliphatic hydroxyl groups is 1. The van der Waals surface area contributed by atoms with Gasteiger partial charge in [-0.2, -0.15) is 0 Å². The van der Waals surface area contributed by atoms with E-state index in [-0.39, 0.29) is 18.1 Å². The highest BCUT2D eigenvalue weighted by Gasteiger charge is 2.29. The van der Waals surface area contributed by atoms with E-state index in [4.69, 9.17) is 4.74 Å². The van der Waals surface area contributed by atoms with Crippen molar-refractivity contribution < 1.29 is 14.6 Å². The van der Waals surface area contributed by atoms with Gasteiger partial charge < -0.3 is 19.7 Å². The van der Waals surface area contributed by atoms with E-state index < -0.39 is 0 Å². The number of rotatable bonds is 6. The van der Waals surface area contributed by atoms with E-state index >= 15 is 0 Å². The average Bonchev–Trinajstić information content (AvgIpc) is 3.03. The second kappa shape index (κ2) is 8.99. The zero-order valence-corrected chi connectivity index (χ0v) is 16.0. The van der Waals surface area contributed by atoms with Crippen molar-refractivity contribution in [1.29, 1.82) is 0 Å². The molecular formula is C19H32N4O3. The maximum atomic E-state index is 12.0. The number of piperidine rings is 1. The summed E-state index contributed by atoms with van der Waals surface area (Å²) in [5, 5.41) is 13.3. The fourth-order valence-electron chi connectivity index (χ4n) is 4.17. The number of aromatic nitrogens is 1. The summed E-state index contributed by atoms with van der Waals surface area (Å²) >= 11 is 0. The van der Waals surface area contributed by atoms with Crippen LogP contribution in [0.1, 0.15) is 41.5 Å². The largest absolute Gasteiger partial charge is 0.390 e. The molecule has 1 aromatic heterocycles. The minimum atomic E-state index is -0.368. The summed E-state index contributed by atoms with van der Waals surface area (Å²) < 4.78 is 7.38. The van der Waals surface area contributed by atoms with Crippen LogP contribution in [0, 0.1) is 0 Å². The Kier molecular flexibility index (Phi) is 6.69. The van der Waals surface area contributed by atoms with Crippen LogP contribution in [0.15, 0.2) is 12.1 Å². The summed E-state index contributed by atoms with van der Waals surface area (Å²) in [6.45, 7) is 5.66. The lowest BCUT2D eigenvalue weighted by Crippen LogP contribution is -2.46. The fourth-order valence-corrected chi connectivity index (χ4v) is 4.17. The van der Waals surface area contributed by atoms with E-state index in [0.29, 0.717) is 18.8 Å². The summed E-state index contributed by atoms with van der Waals surface area (Å²) in [6, 6.07) is 4.21. The maximum Gasteiger partial charge on any atom is 0.267 e. The van der Waals surface area contributed by atoms with Crippen molar-refractivity contribution in [2.75, 3.05) is 53.0 Å². The number of morpholine rings is 1. The highest BCUT2D eigenvalue weighted by Crippen LogP contribution is 2.31. The molecule has 2 atom stereocenters. The van der Waals surface area contributed by atoms with Crippen LogP contribution < -0.4 is 5.32 Å². The Balaban J connectivity index is 1.66. The highest BCUT2D eigenvalue weighted by atomic mass is 16.5. The molecule has 26 heavy (non-hydrogen) atoms. The summed E-state index contributed by atoms with van der Waals surface area (Å²) in [5.41, 5.74) is 1.84. The number of nitrogens with zero attached hydrogens (tertiary/aromatic N) is 3. The van der Waals surface area contributed by atoms with Gasteiger partial charge in [0.15, 0.2) is 0 Å². The molecule has 3 rings (SSSR count). The SMILES string of the molecule is CNC(=O)c1ccc(C2CCCCN2CC(O)CN2CCOCC2)n1C. The smallest absolute Gasteiger partial charge is 0.267 e. The number of carbonyl (C=O) groups is 1. The van der Waals surface area contributed by atoms with Crippen LogP contribution in [0.4, 0.5) is 0 Å². The molecule has 0 aliphatic carbocycles. The van der Waals surface area contributed by atoms with E-state index in [1.807, 2.05) is 17.7 Å². The molecule has 146 valence electrons. The van der Waals surface area contributed by atoms with E-state index in [0.717, 1.165) is 51.4 Å². The quantitative estimate of drug-likeness (QED) is 0.774. The number of hydrogen-bond acceptors (Lipinski definition) is 5. The number of amides is 1. The monoisotopic (exact) mass is 364 g/mol. The molecule has 0 aromatic carbocycles. The van der Waals surface area contributed by atoms with Crippen molar-refractivity contribution in [2.24, 2.45) is 7.05 Å². The minimum absolute atomic E-state index is 0.0616. The van der Waals surface area contributed by atoms with E-state index in [1.165, 1.54) is 6.42 Å². The summed E-state index contributed by atoms with van der Waals surface area (Å²) in [5.74, 6) is -0.0616. The number of ether oxygens (including phenoxy) is 1. The van der Waals surface area contributed by atoms with Crippen LogP contribution in [0.2, 0.25) is 0 Å². The van der Waals surface area contributed by atoms with Gasteiger partial charge in [0.2, 0.25) is 0 Å². The molecule has 0 bridgehead atoms. The Bertz CT molecular complexity index is 598. The molecule has 2 fully saturated rings. The lowest BCUT2D eigenvalue weighted by molar-refractivity contribution is -0.00103. The first-order valence-electron chi connectivity index (χ1n) is 9.70. The number of aliphatic hydroxyl groups excluding tert-OH is 1. The summed E-state index contributed by atoms with van der Waals surface area (Å²) in [6.07, 6.45) is 3.04. The number of hydrogen-bond donors (Lipinski definition) is 2.